The molecule has 1 aromatic carbocycles. The van der Waals surface area contributed by atoms with Gasteiger partial charge in [0.1, 0.15) is 5.03 Å². The van der Waals surface area contributed by atoms with Crippen LogP contribution in [0.15, 0.2) is 46.7 Å². The largest absolute Gasteiger partial charge is 0.310 e. The molecular weight excluding hydrogens is 278 g/mol. The summed E-state index contributed by atoms with van der Waals surface area (Å²) in [5, 5.41) is 5.20. The molecule has 1 aliphatic carbocycles. The van der Waals surface area contributed by atoms with Crippen LogP contribution in [0.4, 0.5) is 0 Å². The van der Waals surface area contributed by atoms with Crippen LogP contribution in [0.25, 0.3) is 0 Å². The highest BCUT2D eigenvalue weighted by molar-refractivity contribution is 7.99. The molecule has 2 aromatic rings. The number of halogens is 1. The molecule has 0 atom stereocenters. The summed E-state index contributed by atoms with van der Waals surface area (Å²) < 4.78 is 0. The van der Waals surface area contributed by atoms with Crippen molar-refractivity contribution in [2.45, 2.75) is 35.3 Å². The van der Waals surface area contributed by atoms with Crippen LogP contribution in [0.2, 0.25) is 5.02 Å². The quantitative estimate of drug-likeness (QED) is 0.914. The predicted octanol–water partition coefficient (Wildman–Crippen LogP) is 3.53. The number of rotatable bonds is 5. The van der Waals surface area contributed by atoms with Gasteiger partial charge in [0.25, 0.3) is 0 Å². The molecule has 0 amide bonds. The number of hydrogen-bond acceptors (Lipinski definition) is 4. The van der Waals surface area contributed by atoms with E-state index in [2.05, 4.69) is 21.4 Å². The van der Waals surface area contributed by atoms with Gasteiger partial charge in [-0.2, -0.15) is 0 Å². The summed E-state index contributed by atoms with van der Waals surface area (Å²) in [4.78, 5) is 9.51. The highest BCUT2D eigenvalue weighted by atomic mass is 35.5. The van der Waals surface area contributed by atoms with E-state index in [0.29, 0.717) is 6.04 Å². The van der Waals surface area contributed by atoms with Crippen LogP contribution < -0.4 is 5.32 Å². The van der Waals surface area contributed by atoms with Gasteiger partial charge in [-0.15, -0.1) is 0 Å². The van der Waals surface area contributed by atoms with Crippen molar-refractivity contribution in [3.8, 4) is 0 Å². The summed E-state index contributed by atoms with van der Waals surface area (Å²) in [6.07, 6.45) is 7.70. The topological polar surface area (TPSA) is 37.8 Å². The predicted molar refractivity (Wildman–Crippen MR) is 77.5 cm³/mol. The fourth-order valence-electron chi connectivity index (χ4n) is 1.79. The first-order valence-electron chi connectivity index (χ1n) is 6.27. The summed E-state index contributed by atoms with van der Waals surface area (Å²) in [6.45, 7) is 0.812. The van der Waals surface area contributed by atoms with Gasteiger partial charge in [-0.05, 0) is 30.5 Å². The minimum atomic E-state index is 0.672. The van der Waals surface area contributed by atoms with Crippen molar-refractivity contribution in [3.05, 3.63) is 47.4 Å². The molecule has 1 N–H and O–H groups in total. The maximum Gasteiger partial charge on any atom is 0.119 e. The molecule has 0 aliphatic heterocycles. The number of hydrogen-bond donors (Lipinski definition) is 1. The van der Waals surface area contributed by atoms with Crippen molar-refractivity contribution in [1.29, 1.82) is 0 Å². The minimum absolute atomic E-state index is 0.672. The number of benzene rings is 1. The monoisotopic (exact) mass is 291 g/mol. The van der Waals surface area contributed by atoms with Crippen molar-refractivity contribution >= 4 is 23.4 Å². The maximum absolute atomic E-state index is 6.31. The third-order valence-corrected chi connectivity index (χ3v) is 4.35. The Morgan fingerprint density at radius 2 is 2.21 bits per heavy atom. The van der Waals surface area contributed by atoms with Gasteiger partial charge in [-0.3, -0.25) is 4.98 Å². The zero-order valence-corrected chi connectivity index (χ0v) is 11.9. The lowest BCUT2D eigenvalue weighted by molar-refractivity contribution is 0.680. The van der Waals surface area contributed by atoms with Crippen molar-refractivity contribution in [2.75, 3.05) is 0 Å². The summed E-state index contributed by atoms with van der Waals surface area (Å²) in [5.41, 5.74) is 1.15. The summed E-state index contributed by atoms with van der Waals surface area (Å²) in [7, 11) is 0. The molecule has 98 valence electrons. The van der Waals surface area contributed by atoms with E-state index in [4.69, 9.17) is 11.6 Å². The Morgan fingerprint density at radius 3 is 2.95 bits per heavy atom. The molecule has 1 fully saturated rings. The first-order chi connectivity index (χ1) is 9.33. The average molecular weight is 292 g/mol. The first-order valence-corrected chi connectivity index (χ1v) is 7.47. The average Bonchev–Trinajstić information content (AvgIpc) is 3.23. The fourth-order valence-corrected chi connectivity index (χ4v) is 2.99. The zero-order chi connectivity index (χ0) is 13.1. The van der Waals surface area contributed by atoms with Crippen molar-refractivity contribution in [3.63, 3.8) is 0 Å². The van der Waals surface area contributed by atoms with Gasteiger partial charge in [0.15, 0.2) is 0 Å². The second-order valence-electron chi connectivity index (χ2n) is 4.52. The molecule has 5 heteroatoms. The summed E-state index contributed by atoms with van der Waals surface area (Å²) >= 11 is 7.91. The second kappa shape index (κ2) is 5.90. The van der Waals surface area contributed by atoms with Gasteiger partial charge < -0.3 is 5.32 Å². The summed E-state index contributed by atoms with van der Waals surface area (Å²) in [6, 6.07) is 6.66. The standard InChI is InChI=1S/C14H14ClN3S/c15-12-2-1-3-13(11(12)8-18-10-4-5-10)19-14-9-16-6-7-17-14/h1-3,6-7,9-10,18H,4-5,8H2. The SMILES string of the molecule is Clc1cccc(Sc2cnccn2)c1CNC1CC1. The molecule has 0 spiro atoms. The van der Waals surface area contributed by atoms with E-state index in [1.165, 1.54) is 12.8 Å². The Balaban J connectivity index is 1.80. The maximum atomic E-state index is 6.31. The van der Waals surface area contributed by atoms with Crippen LogP contribution in [0.1, 0.15) is 18.4 Å². The van der Waals surface area contributed by atoms with E-state index < -0.39 is 0 Å². The smallest absolute Gasteiger partial charge is 0.119 e. The lowest BCUT2D eigenvalue weighted by atomic mass is 10.2. The van der Waals surface area contributed by atoms with E-state index in [9.17, 15) is 0 Å². The third kappa shape index (κ3) is 3.47. The van der Waals surface area contributed by atoms with Crippen LogP contribution in [0.5, 0.6) is 0 Å². The van der Waals surface area contributed by atoms with Gasteiger partial charge >= 0.3 is 0 Å². The van der Waals surface area contributed by atoms with Crippen LogP contribution in [-0.4, -0.2) is 16.0 Å². The summed E-state index contributed by atoms with van der Waals surface area (Å²) in [5.74, 6) is 0. The van der Waals surface area contributed by atoms with E-state index >= 15 is 0 Å². The highest BCUT2D eigenvalue weighted by Gasteiger charge is 2.21. The Kier molecular flexibility index (Phi) is 4.01. The lowest BCUT2D eigenvalue weighted by Crippen LogP contribution is -2.16. The van der Waals surface area contributed by atoms with Gasteiger partial charge in [0, 0.05) is 34.9 Å². The van der Waals surface area contributed by atoms with Crippen LogP contribution >= 0.6 is 23.4 Å². The molecule has 1 aromatic heterocycles. The minimum Gasteiger partial charge on any atom is -0.310 e. The molecule has 0 radical (unpaired) electrons. The van der Waals surface area contributed by atoms with Gasteiger partial charge in [0.2, 0.25) is 0 Å². The molecule has 0 saturated heterocycles. The first kappa shape index (κ1) is 12.9. The van der Waals surface area contributed by atoms with Crippen LogP contribution in [0, 0.1) is 0 Å². The van der Waals surface area contributed by atoms with Gasteiger partial charge in [0.05, 0.1) is 6.20 Å². The molecule has 19 heavy (non-hydrogen) atoms. The van der Waals surface area contributed by atoms with E-state index in [0.717, 1.165) is 27.1 Å². The molecule has 3 rings (SSSR count). The van der Waals surface area contributed by atoms with Gasteiger partial charge in [-0.25, -0.2) is 4.98 Å². The molecule has 1 heterocycles. The Bertz CT molecular complexity index is 558. The van der Waals surface area contributed by atoms with E-state index in [1.807, 2.05) is 12.1 Å². The Hall–Kier alpha value is -1.10. The van der Waals surface area contributed by atoms with E-state index in [1.54, 1.807) is 30.4 Å². The molecule has 1 saturated carbocycles. The van der Waals surface area contributed by atoms with Crippen molar-refractivity contribution in [2.24, 2.45) is 0 Å². The Morgan fingerprint density at radius 1 is 1.32 bits per heavy atom. The van der Waals surface area contributed by atoms with Crippen LogP contribution in [0.3, 0.4) is 0 Å². The van der Waals surface area contributed by atoms with Crippen LogP contribution in [-0.2, 0) is 6.54 Å². The molecule has 3 nitrogen and oxygen atoms in total. The molecule has 1 aliphatic rings. The normalized spacial score (nSPS) is 14.6. The second-order valence-corrected chi connectivity index (χ2v) is 5.99. The number of nitrogens with one attached hydrogen (secondary N) is 1. The highest BCUT2D eigenvalue weighted by Crippen LogP contribution is 2.33. The molecular formula is C14H14ClN3S. The zero-order valence-electron chi connectivity index (χ0n) is 10.3. The van der Waals surface area contributed by atoms with Gasteiger partial charge in [-0.1, -0.05) is 29.4 Å². The van der Waals surface area contributed by atoms with E-state index in [-0.39, 0.29) is 0 Å². The number of nitrogens with zero attached hydrogens (tertiary/aromatic N) is 2. The number of aromatic nitrogens is 2. The molecule has 0 unspecified atom stereocenters. The third-order valence-electron chi connectivity index (χ3n) is 2.97. The Labute approximate surface area is 121 Å². The van der Waals surface area contributed by atoms with Crippen molar-refractivity contribution < 1.29 is 0 Å². The lowest BCUT2D eigenvalue weighted by Gasteiger charge is -2.11. The van der Waals surface area contributed by atoms with Crippen molar-refractivity contribution in [1.82, 2.24) is 15.3 Å². The fraction of sp³-hybridized carbons (Fsp3) is 0.286. The molecule has 0 bridgehead atoms.